The first-order valence-corrected chi connectivity index (χ1v) is 3.48. The lowest BCUT2D eigenvalue weighted by atomic mass is 10.3. The van der Waals surface area contributed by atoms with Crippen LogP contribution in [-0.4, -0.2) is 18.7 Å². The fraction of sp³-hybridized carbons (Fsp3) is 0.286. The second-order valence-electron chi connectivity index (χ2n) is 2.67. The summed E-state index contributed by atoms with van der Waals surface area (Å²) < 4.78 is 0. The Morgan fingerprint density at radius 2 is 2.55 bits per heavy atom. The van der Waals surface area contributed by atoms with Gasteiger partial charge in [0.15, 0.2) is 5.82 Å². The van der Waals surface area contributed by atoms with E-state index in [1.54, 1.807) is 6.20 Å². The molecule has 0 radical (unpaired) electrons. The van der Waals surface area contributed by atoms with Crippen LogP contribution in [0.15, 0.2) is 12.3 Å². The van der Waals surface area contributed by atoms with Gasteiger partial charge in [0.1, 0.15) is 0 Å². The number of hydrogen-bond acceptors (Lipinski definition) is 4. The number of nitrogens with one attached hydrogen (secondary N) is 1. The summed E-state index contributed by atoms with van der Waals surface area (Å²) in [7, 11) is 1.99. The Morgan fingerprint density at radius 3 is 3.36 bits per heavy atom. The van der Waals surface area contributed by atoms with Crippen molar-refractivity contribution in [3.63, 3.8) is 0 Å². The maximum Gasteiger partial charge on any atom is 0.153 e. The van der Waals surface area contributed by atoms with Gasteiger partial charge in [-0.05, 0) is 6.07 Å². The van der Waals surface area contributed by atoms with Crippen molar-refractivity contribution in [1.82, 2.24) is 4.98 Å². The lowest BCUT2D eigenvalue weighted by Crippen LogP contribution is -2.16. The van der Waals surface area contributed by atoms with E-state index in [1.165, 1.54) is 0 Å². The second kappa shape index (κ2) is 2.02. The molecule has 1 aromatic rings. The van der Waals surface area contributed by atoms with E-state index in [9.17, 15) is 0 Å². The molecule has 1 aliphatic heterocycles. The largest absolute Gasteiger partial charge is 0.397 e. The number of aromatic nitrogens is 1. The molecule has 0 atom stereocenters. The third-order valence-corrected chi connectivity index (χ3v) is 1.76. The third-order valence-electron chi connectivity index (χ3n) is 1.76. The van der Waals surface area contributed by atoms with E-state index in [0.717, 1.165) is 18.2 Å². The van der Waals surface area contributed by atoms with E-state index in [-0.39, 0.29) is 0 Å². The summed E-state index contributed by atoms with van der Waals surface area (Å²) in [6, 6.07) is 1.89. The predicted octanol–water partition coefficient (Wildman–Crippen LogP) is 0.483. The molecule has 0 amide bonds. The van der Waals surface area contributed by atoms with Crippen molar-refractivity contribution >= 4 is 17.2 Å². The van der Waals surface area contributed by atoms with Gasteiger partial charge in [0, 0.05) is 7.05 Å². The van der Waals surface area contributed by atoms with E-state index in [1.807, 2.05) is 18.0 Å². The number of pyridine rings is 1. The summed E-state index contributed by atoms with van der Waals surface area (Å²) in [6.45, 7) is 0.811. The SMILES string of the molecule is CN1CNc2cc(N)cnc21. The molecule has 0 bridgehead atoms. The van der Waals surface area contributed by atoms with Crippen LogP contribution in [0.5, 0.6) is 0 Å². The van der Waals surface area contributed by atoms with Crippen molar-refractivity contribution < 1.29 is 0 Å². The molecular weight excluding hydrogens is 140 g/mol. The second-order valence-corrected chi connectivity index (χ2v) is 2.67. The number of nitrogen functional groups attached to an aromatic ring is 1. The highest BCUT2D eigenvalue weighted by molar-refractivity contribution is 5.73. The van der Waals surface area contributed by atoms with Gasteiger partial charge in [0.2, 0.25) is 0 Å². The van der Waals surface area contributed by atoms with Gasteiger partial charge < -0.3 is 16.0 Å². The summed E-state index contributed by atoms with van der Waals surface area (Å²) in [5, 5.41) is 3.17. The molecule has 3 N–H and O–H groups in total. The number of fused-ring (bicyclic) bond motifs is 1. The van der Waals surface area contributed by atoms with E-state index < -0.39 is 0 Å². The van der Waals surface area contributed by atoms with Gasteiger partial charge in [-0.3, -0.25) is 0 Å². The van der Waals surface area contributed by atoms with Crippen LogP contribution in [0.1, 0.15) is 0 Å². The van der Waals surface area contributed by atoms with Gasteiger partial charge in [0.05, 0.1) is 24.2 Å². The maximum absolute atomic E-state index is 5.56. The Hall–Kier alpha value is -1.45. The molecule has 0 unspecified atom stereocenters. The first-order valence-electron chi connectivity index (χ1n) is 3.48. The lowest BCUT2D eigenvalue weighted by Gasteiger charge is -2.07. The van der Waals surface area contributed by atoms with Crippen molar-refractivity contribution in [2.45, 2.75) is 0 Å². The molecule has 0 spiro atoms. The lowest BCUT2D eigenvalue weighted by molar-refractivity contribution is 1.01. The van der Waals surface area contributed by atoms with E-state index in [0.29, 0.717) is 5.69 Å². The van der Waals surface area contributed by atoms with Gasteiger partial charge in [-0.1, -0.05) is 0 Å². The summed E-state index contributed by atoms with van der Waals surface area (Å²) in [4.78, 5) is 6.21. The van der Waals surface area contributed by atoms with E-state index >= 15 is 0 Å². The van der Waals surface area contributed by atoms with Crippen LogP contribution in [0.3, 0.4) is 0 Å². The summed E-state index contributed by atoms with van der Waals surface area (Å²) in [5.41, 5.74) is 7.28. The van der Waals surface area contributed by atoms with Gasteiger partial charge in [-0.15, -0.1) is 0 Å². The summed E-state index contributed by atoms with van der Waals surface area (Å²) >= 11 is 0. The Balaban J connectivity index is 2.50. The van der Waals surface area contributed by atoms with Gasteiger partial charge in [-0.25, -0.2) is 4.98 Å². The Bertz CT molecular complexity index is 284. The van der Waals surface area contributed by atoms with Crippen molar-refractivity contribution in [1.29, 1.82) is 0 Å². The zero-order valence-electron chi connectivity index (χ0n) is 6.33. The highest BCUT2D eigenvalue weighted by Crippen LogP contribution is 2.28. The molecule has 0 saturated heterocycles. The third kappa shape index (κ3) is 0.869. The van der Waals surface area contributed by atoms with E-state index in [2.05, 4.69) is 10.3 Å². The molecule has 4 heteroatoms. The van der Waals surface area contributed by atoms with Gasteiger partial charge in [-0.2, -0.15) is 0 Å². The Kier molecular flexibility index (Phi) is 1.15. The van der Waals surface area contributed by atoms with Crippen LogP contribution in [0.2, 0.25) is 0 Å². The molecule has 2 rings (SSSR count). The molecule has 11 heavy (non-hydrogen) atoms. The van der Waals surface area contributed by atoms with Crippen LogP contribution in [0, 0.1) is 0 Å². The number of hydrogen-bond donors (Lipinski definition) is 2. The van der Waals surface area contributed by atoms with E-state index in [4.69, 9.17) is 5.73 Å². The minimum absolute atomic E-state index is 0.701. The standard InChI is InChI=1S/C7H10N4/c1-11-4-10-6-2-5(8)3-9-7(6)11/h2-3,10H,4,8H2,1H3. The minimum Gasteiger partial charge on any atom is -0.397 e. The van der Waals surface area contributed by atoms with Crippen molar-refractivity contribution in [2.75, 3.05) is 29.7 Å². The molecular formula is C7H10N4. The summed E-state index contributed by atoms with van der Waals surface area (Å²) in [5.74, 6) is 0.971. The predicted molar refractivity (Wildman–Crippen MR) is 45.5 cm³/mol. The highest BCUT2D eigenvalue weighted by atomic mass is 15.3. The number of nitrogens with two attached hydrogens (primary N) is 1. The topological polar surface area (TPSA) is 54.2 Å². The van der Waals surface area contributed by atoms with Crippen molar-refractivity contribution in [2.24, 2.45) is 0 Å². The monoisotopic (exact) mass is 150 g/mol. The molecule has 1 aliphatic rings. The van der Waals surface area contributed by atoms with Crippen molar-refractivity contribution in [3.05, 3.63) is 12.3 Å². The molecule has 0 aliphatic carbocycles. The average molecular weight is 150 g/mol. The highest BCUT2D eigenvalue weighted by Gasteiger charge is 2.15. The van der Waals surface area contributed by atoms with Gasteiger partial charge in [0.25, 0.3) is 0 Å². The molecule has 0 aromatic carbocycles. The number of nitrogens with zero attached hydrogens (tertiary/aromatic N) is 2. The fourth-order valence-corrected chi connectivity index (χ4v) is 1.19. The zero-order valence-corrected chi connectivity index (χ0v) is 6.33. The zero-order chi connectivity index (χ0) is 7.84. The first-order chi connectivity index (χ1) is 5.27. The molecule has 58 valence electrons. The number of anilines is 3. The smallest absolute Gasteiger partial charge is 0.153 e. The Morgan fingerprint density at radius 1 is 1.73 bits per heavy atom. The minimum atomic E-state index is 0.701. The summed E-state index contributed by atoms with van der Waals surface area (Å²) in [6.07, 6.45) is 1.67. The maximum atomic E-state index is 5.56. The quantitative estimate of drug-likeness (QED) is 0.565. The normalized spacial score (nSPS) is 14.5. The molecule has 0 saturated carbocycles. The molecule has 1 aromatic heterocycles. The number of rotatable bonds is 0. The molecule has 4 nitrogen and oxygen atoms in total. The first kappa shape index (κ1) is 6.27. The van der Waals surface area contributed by atoms with Crippen LogP contribution in [-0.2, 0) is 0 Å². The van der Waals surface area contributed by atoms with Crippen LogP contribution in [0.25, 0.3) is 0 Å². The average Bonchev–Trinajstić information content (AvgIpc) is 2.32. The van der Waals surface area contributed by atoms with Crippen LogP contribution < -0.4 is 16.0 Å². The van der Waals surface area contributed by atoms with Crippen LogP contribution >= 0.6 is 0 Å². The van der Waals surface area contributed by atoms with Gasteiger partial charge >= 0.3 is 0 Å². The fourth-order valence-electron chi connectivity index (χ4n) is 1.19. The van der Waals surface area contributed by atoms with Crippen LogP contribution in [0.4, 0.5) is 17.2 Å². The Labute approximate surface area is 65.0 Å². The van der Waals surface area contributed by atoms with Crippen molar-refractivity contribution in [3.8, 4) is 0 Å². The molecule has 0 fully saturated rings. The molecule has 2 heterocycles.